The Morgan fingerprint density at radius 1 is 0.739 bits per heavy atom. The van der Waals surface area contributed by atoms with Crippen LogP contribution in [0.15, 0.2) is 41.8 Å². The summed E-state index contributed by atoms with van der Waals surface area (Å²) in [6.45, 7) is 6.54. The molecule has 46 heavy (non-hydrogen) atoms. The van der Waals surface area contributed by atoms with Crippen molar-refractivity contribution in [2.45, 2.75) is 123 Å². The molecular weight excluding hydrogens is 589 g/mol. The van der Waals surface area contributed by atoms with Crippen LogP contribution in [0.25, 0.3) is 32.6 Å². The number of thiophene rings is 1. The first kappa shape index (κ1) is 34.0. The summed E-state index contributed by atoms with van der Waals surface area (Å²) < 4.78 is 12.0. The zero-order valence-corrected chi connectivity index (χ0v) is 28.9. The fraction of sp³-hybridized carbons (Fsp3) is 0.564. The van der Waals surface area contributed by atoms with Crippen LogP contribution in [-0.2, 0) is 6.54 Å². The zero-order chi connectivity index (χ0) is 32.0. The number of nitriles is 1. The van der Waals surface area contributed by atoms with Crippen LogP contribution in [0.3, 0.4) is 0 Å². The molecule has 0 saturated carbocycles. The molecule has 2 aromatic carbocycles. The minimum Gasteiger partial charge on any atom is -0.485 e. The van der Waals surface area contributed by atoms with Crippen molar-refractivity contribution in [1.82, 2.24) is 15.0 Å². The Morgan fingerprint density at radius 3 is 1.93 bits per heavy atom. The highest BCUT2D eigenvalue weighted by atomic mass is 32.1. The third-order valence-electron chi connectivity index (χ3n) is 9.31. The highest BCUT2D eigenvalue weighted by molar-refractivity contribution is 7.14. The first-order chi connectivity index (χ1) is 22.7. The lowest BCUT2D eigenvalue weighted by Gasteiger charge is -2.16. The standard InChI is InChI=1S/C39H52N4O2S/c1-3-5-7-9-11-12-14-16-18-31(17-15-13-10-8-6-4-2)28-43-41-36-33(32-21-19-30(27-40)20-22-32)23-24-34(37(36)42-43)39-38-35(29-46-39)44-25-26-45-38/h19-24,29,31H,3-18,25-26,28H2,1-2H3. The van der Waals surface area contributed by atoms with E-state index < -0.39 is 0 Å². The van der Waals surface area contributed by atoms with Crippen molar-refractivity contribution in [3.05, 3.63) is 47.3 Å². The molecule has 4 aromatic rings. The summed E-state index contributed by atoms with van der Waals surface area (Å²) in [5, 5.41) is 21.8. The number of fused-ring (bicyclic) bond motifs is 2. The molecule has 1 atom stereocenters. The van der Waals surface area contributed by atoms with Crippen LogP contribution in [0, 0.1) is 17.2 Å². The van der Waals surface area contributed by atoms with E-state index in [1.807, 2.05) is 34.4 Å². The number of hydrogen-bond donors (Lipinski definition) is 0. The van der Waals surface area contributed by atoms with Crippen LogP contribution >= 0.6 is 11.3 Å². The Hall–Kier alpha value is -3.37. The zero-order valence-electron chi connectivity index (χ0n) is 28.1. The predicted octanol–water partition coefficient (Wildman–Crippen LogP) is 11.4. The van der Waals surface area contributed by atoms with Crippen LogP contribution < -0.4 is 9.47 Å². The van der Waals surface area contributed by atoms with Gasteiger partial charge in [-0.1, -0.05) is 128 Å². The third-order valence-corrected chi connectivity index (χ3v) is 10.3. The molecule has 2 aromatic heterocycles. The van der Waals surface area contributed by atoms with Crippen molar-refractivity contribution in [2.24, 2.45) is 5.92 Å². The molecule has 0 spiro atoms. The molecule has 1 unspecified atom stereocenters. The summed E-state index contributed by atoms with van der Waals surface area (Å²) in [5.41, 5.74) is 5.55. The Labute approximate surface area is 280 Å². The molecule has 0 radical (unpaired) electrons. The quantitative estimate of drug-likeness (QED) is 0.0899. The molecule has 0 amide bonds. The number of rotatable bonds is 20. The topological polar surface area (TPSA) is 73.0 Å². The molecule has 0 aliphatic carbocycles. The SMILES string of the molecule is CCCCCCCCCCC(CCCCCCCC)Cn1nc2c(-c3ccc(C#N)cc3)ccc(-c3scc4c3OCCO4)c2n1. The molecule has 5 rings (SSSR count). The lowest BCUT2D eigenvalue weighted by Crippen LogP contribution is -2.14. The van der Waals surface area contributed by atoms with Crippen molar-refractivity contribution < 1.29 is 9.47 Å². The highest BCUT2D eigenvalue weighted by Gasteiger charge is 2.24. The van der Waals surface area contributed by atoms with Crippen LogP contribution in [0.5, 0.6) is 11.5 Å². The van der Waals surface area contributed by atoms with E-state index in [9.17, 15) is 5.26 Å². The second kappa shape index (κ2) is 18.1. The number of hydrogen-bond acceptors (Lipinski definition) is 6. The summed E-state index contributed by atoms with van der Waals surface area (Å²) in [5.74, 6) is 2.20. The average Bonchev–Trinajstić information content (AvgIpc) is 3.71. The Morgan fingerprint density at radius 2 is 1.30 bits per heavy atom. The van der Waals surface area contributed by atoms with E-state index in [0.717, 1.165) is 50.6 Å². The van der Waals surface area contributed by atoms with Gasteiger partial charge < -0.3 is 9.47 Å². The summed E-state index contributed by atoms with van der Waals surface area (Å²) in [6.07, 6.45) is 21.2. The largest absolute Gasteiger partial charge is 0.485 e. The maximum atomic E-state index is 9.35. The molecule has 6 nitrogen and oxygen atoms in total. The Bertz CT molecular complexity index is 1530. The molecule has 0 N–H and O–H groups in total. The average molecular weight is 641 g/mol. The van der Waals surface area contributed by atoms with Crippen molar-refractivity contribution in [1.29, 1.82) is 5.26 Å². The molecule has 1 aliphatic rings. The van der Waals surface area contributed by atoms with E-state index in [-0.39, 0.29) is 0 Å². The maximum Gasteiger partial charge on any atom is 0.180 e. The number of aromatic nitrogens is 3. The lowest BCUT2D eigenvalue weighted by atomic mass is 9.94. The van der Waals surface area contributed by atoms with Gasteiger partial charge in [-0.05, 0) is 36.5 Å². The molecule has 1 aliphatic heterocycles. The number of ether oxygens (including phenoxy) is 2. The molecule has 3 heterocycles. The second-order valence-corrected chi connectivity index (χ2v) is 13.8. The summed E-state index contributed by atoms with van der Waals surface area (Å²) in [4.78, 5) is 3.02. The predicted molar refractivity (Wildman–Crippen MR) is 191 cm³/mol. The lowest BCUT2D eigenvalue weighted by molar-refractivity contribution is 0.174. The van der Waals surface area contributed by atoms with Gasteiger partial charge in [0.2, 0.25) is 0 Å². The molecule has 0 saturated heterocycles. The number of nitrogens with zero attached hydrogens (tertiary/aromatic N) is 4. The minimum absolute atomic E-state index is 0.550. The summed E-state index contributed by atoms with van der Waals surface area (Å²) in [7, 11) is 0. The van der Waals surface area contributed by atoms with Crippen molar-refractivity contribution in [3.63, 3.8) is 0 Å². The normalized spacial score (nSPS) is 13.2. The summed E-state index contributed by atoms with van der Waals surface area (Å²) in [6, 6.07) is 14.3. The van der Waals surface area contributed by atoms with Crippen LogP contribution in [-0.4, -0.2) is 28.2 Å². The highest BCUT2D eigenvalue weighted by Crippen LogP contribution is 2.48. The Balaban J connectivity index is 1.38. The molecule has 0 fully saturated rings. The second-order valence-electron chi connectivity index (χ2n) is 12.9. The van der Waals surface area contributed by atoms with E-state index in [1.165, 1.54) is 103 Å². The minimum atomic E-state index is 0.550. The first-order valence-corrected chi connectivity index (χ1v) is 18.9. The van der Waals surface area contributed by atoms with Crippen LogP contribution in [0.4, 0.5) is 0 Å². The smallest absolute Gasteiger partial charge is 0.180 e. The van der Waals surface area contributed by atoms with Gasteiger partial charge >= 0.3 is 0 Å². The fourth-order valence-electron chi connectivity index (χ4n) is 6.64. The van der Waals surface area contributed by atoms with Gasteiger partial charge in [-0.3, -0.25) is 0 Å². The van der Waals surface area contributed by atoms with Gasteiger partial charge in [0.25, 0.3) is 0 Å². The van der Waals surface area contributed by atoms with Crippen molar-refractivity contribution >= 4 is 22.4 Å². The van der Waals surface area contributed by atoms with Gasteiger partial charge in [-0.25, -0.2) is 0 Å². The van der Waals surface area contributed by atoms with E-state index in [4.69, 9.17) is 19.7 Å². The van der Waals surface area contributed by atoms with Crippen molar-refractivity contribution in [2.75, 3.05) is 13.2 Å². The number of benzene rings is 2. The molecular formula is C39H52N4O2S. The van der Waals surface area contributed by atoms with Crippen molar-refractivity contribution in [3.8, 4) is 39.1 Å². The van der Waals surface area contributed by atoms with E-state index in [1.54, 1.807) is 11.3 Å². The van der Waals surface area contributed by atoms with Crippen LogP contribution in [0.2, 0.25) is 0 Å². The van der Waals surface area contributed by atoms with E-state index in [0.29, 0.717) is 24.7 Å². The van der Waals surface area contributed by atoms with Gasteiger partial charge in [-0.15, -0.1) is 11.3 Å². The van der Waals surface area contributed by atoms with Gasteiger partial charge in [0, 0.05) is 16.5 Å². The third kappa shape index (κ3) is 9.12. The monoisotopic (exact) mass is 640 g/mol. The Kier molecular flexibility index (Phi) is 13.4. The molecule has 0 bridgehead atoms. The first-order valence-electron chi connectivity index (χ1n) is 18.0. The van der Waals surface area contributed by atoms with E-state index >= 15 is 0 Å². The molecule has 246 valence electrons. The van der Waals surface area contributed by atoms with Gasteiger partial charge in [0.15, 0.2) is 11.5 Å². The number of unbranched alkanes of at least 4 members (excludes halogenated alkanes) is 12. The maximum absolute atomic E-state index is 9.35. The van der Waals surface area contributed by atoms with Gasteiger partial charge in [0.05, 0.1) is 23.1 Å². The fourth-order valence-corrected chi connectivity index (χ4v) is 7.60. The van der Waals surface area contributed by atoms with Gasteiger partial charge in [-0.2, -0.15) is 20.3 Å². The van der Waals surface area contributed by atoms with E-state index in [2.05, 4.69) is 32.0 Å². The van der Waals surface area contributed by atoms with Gasteiger partial charge in [0.1, 0.15) is 24.2 Å². The van der Waals surface area contributed by atoms with Crippen LogP contribution in [0.1, 0.15) is 122 Å². The molecule has 7 heteroatoms. The summed E-state index contributed by atoms with van der Waals surface area (Å²) >= 11 is 1.64.